The number of halogens is 2. The zero-order valence-electron chi connectivity index (χ0n) is 9.54. The largest absolute Gasteiger partial charge is 0.438 e. The second kappa shape index (κ2) is 3.55. The molecule has 1 aliphatic heterocycles. The van der Waals surface area contributed by atoms with Gasteiger partial charge in [-0.1, -0.05) is 26.4 Å². The summed E-state index contributed by atoms with van der Waals surface area (Å²) in [4.78, 5) is 0. The summed E-state index contributed by atoms with van der Waals surface area (Å²) in [6, 6.07) is 9.02. The molecule has 0 atom stereocenters. The van der Waals surface area contributed by atoms with Crippen molar-refractivity contribution in [3.63, 3.8) is 0 Å². The minimum Gasteiger partial charge on any atom is -0.233 e. The lowest BCUT2D eigenvalue weighted by atomic mass is 10.4. The molecule has 1 aromatic carbocycles. The van der Waals surface area contributed by atoms with E-state index in [0.29, 0.717) is 0 Å². The molecular weight excluding hydrogens is 353 g/mol. The highest BCUT2D eigenvalue weighted by Gasteiger charge is 2.68. The van der Waals surface area contributed by atoms with Crippen molar-refractivity contribution in [2.75, 3.05) is 26.7 Å². The average molecular weight is 369 g/mol. The molecule has 5 heteroatoms. The third kappa shape index (κ3) is 1.46. The average Bonchev–Trinajstić information content (AvgIpc) is 2.26. The first-order valence-corrected chi connectivity index (χ1v) is 12.4. The molecule has 0 fully saturated rings. The standard InChI is InChI=1S/C10H16BBr2P2/c1-14(2)9-7-5-6-8-10(9)15(3,4)11(14,12)13/h5-8H,1-4H3/q+1. The van der Waals surface area contributed by atoms with Gasteiger partial charge in [-0.25, -0.2) is 31.5 Å². The van der Waals surface area contributed by atoms with E-state index in [-0.39, 0.29) is 0 Å². The Kier molecular flexibility index (Phi) is 2.97. The molecule has 0 bridgehead atoms. The van der Waals surface area contributed by atoms with Crippen molar-refractivity contribution in [2.24, 2.45) is 0 Å². The molecule has 0 amide bonds. The Labute approximate surface area is 110 Å². The zero-order valence-corrected chi connectivity index (χ0v) is 14.5. The lowest BCUT2D eigenvalue weighted by Gasteiger charge is -2.34. The van der Waals surface area contributed by atoms with Gasteiger partial charge >= 0.3 is 3.23 Å². The fourth-order valence-corrected chi connectivity index (χ4v) is 16.1. The molecule has 2 rings (SSSR count). The predicted molar refractivity (Wildman–Crippen MR) is 86.9 cm³/mol. The van der Waals surface area contributed by atoms with E-state index in [9.17, 15) is 0 Å². The lowest BCUT2D eigenvalue weighted by Crippen LogP contribution is -2.23. The van der Waals surface area contributed by atoms with Gasteiger partial charge in [0.25, 0.3) is 0 Å². The van der Waals surface area contributed by atoms with Gasteiger partial charge in [0, 0.05) is 26.7 Å². The Balaban J connectivity index is 2.78. The molecule has 0 N–H and O–H groups in total. The van der Waals surface area contributed by atoms with Crippen molar-refractivity contribution in [1.29, 1.82) is 0 Å². The predicted octanol–water partition coefficient (Wildman–Crippen LogP) is 3.73. The molecule has 0 saturated carbocycles. The van der Waals surface area contributed by atoms with Crippen LogP contribution in [-0.2, 0) is 0 Å². The fraction of sp³-hybridized carbons (Fsp3) is 0.400. The van der Waals surface area contributed by atoms with E-state index in [4.69, 9.17) is 0 Å². The molecule has 1 aromatic rings. The van der Waals surface area contributed by atoms with Gasteiger partial charge in [0.2, 0.25) is 0 Å². The third-order valence-corrected chi connectivity index (χ3v) is 26.0. The van der Waals surface area contributed by atoms with Crippen LogP contribution in [0.1, 0.15) is 0 Å². The Morgan fingerprint density at radius 1 is 0.867 bits per heavy atom. The first-order valence-electron chi connectivity index (χ1n) is 5.02. The fourth-order valence-electron chi connectivity index (χ4n) is 2.50. The van der Waals surface area contributed by atoms with Crippen LogP contribution in [0.5, 0.6) is 0 Å². The van der Waals surface area contributed by atoms with E-state index in [0.717, 1.165) is 0 Å². The summed E-state index contributed by atoms with van der Waals surface area (Å²) in [5.74, 6) is 0. The van der Waals surface area contributed by atoms with Crippen LogP contribution in [0.4, 0.5) is 0 Å². The first kappa shape index (κ1) is 12.6. The monoisotopic (exact) mass is 367 g/mol. The van der Waals surface area contributed by atoms with E-state index in [1.165, 1.54) is 0 Å². The van der Waals surface area contributed by atoms with Crippen molar-refractivity contribution in [1.82, 2.24) is 0 Å². The van der Waals surface area contributed by atoms with Crippen molar-refractivity contribution < 1.29 is 0 Å². The van der Waals surface area contributed by atoms with Crippen molar-refractivity contribution in [3.8, 4) is 0 Å². The SMILES string of the molecule is C[P+]1(C)c2ccccc2[P+](C)(C)[B-]1(Br)Br. The van der Waals surface area contributed by atoms with Gasteiger partial charge in [-0.2, -0.15) is 0 Å². The lowest BCUT2D eigenvalue weighted by molar-refractivity contribution is 1.81. The Bertz CT molecular complexity index is 379. The van der Waals surface area contributed by atoms with Crippen LogP contribution in [0.3, 0.4) is 0 Å². The van der Waals surface area contributed by atoms with Gasteiger partial charge in [-0.05, 0) is 12.1 Å². The maximum atomic E-state index is 4.04. The summed E-state index contributed by atoms with van der Waals surface area (Å²) >= 11 is 8.09. The van der Waals surface area contributed by atoms with Crippen molar-refractivity contribution >= 4 is 59.6 Å². The maximum Gasteiger partial charge on any atom is 0.438 e. The Morgan fingerprint density at radius 2 is 1.20 bits per heavy atom. The minimum absolute atomic E-state index is 0.575. The smallest absolute Gasteiger partial charge is 0.233 e. The van der Waals surface area contributed by atoms with Gasteiger partial charge in [0.15, 0.2) is 0 Å². The molecule has 0 spiro atoms. The van der Waals surface area contributed by atoms with E-state index < -0.39 is 17.5 Å². The minimum atomic E-state index is -1.06. The van der Waals surface area contributed by atoms with Gasteiger partial charge < -0.3 is 0 Å². The molecule has 0 unspecified atom stereocenters. The van der Waals surface area contributed by atoms with Crippen molar-refractivity contribution in [3.05, 3.63) is 24.3 Å². The highest BCUT2D eigenvalue weighted by atomic mass is 79.9. The molecule has 0 saturated heterocycles. The summed E-state index contributed by atoms with van der Waals surface area (Å²) in [6.45, 7) is 9.79. The van der Waals surface area contributed by atoms with Crippen LogP contribution in [-0.4, -0.2) is 29.9 Å². The molecule has 0 aromatic heterocycles. The van der Waals surface area contributed by atoms with Crippen LogP contribution in [0, 0.1) is 0 Å². The number of hydrogen-bond acceptors (Lipinski definition) is 0. The van der Waals surface area contributed by atoms with Crippen LogP contribution in [0.2, 0.25) is 0 Å². The molecular formula is C10H16BBr2P2+. The summed E-state index contributed by atoms with van der Waals surface area (Å²) in [5, 5.41) is 3.24. The number of benzene rings is 1. The normalized spacial score (nSPS) is 24.9. The number of hydrogen-bond donors (Lipinski definition) is 0. The van der Waals surface area contributed by atoms with Crippen LogP contribution >= 0.6 is 45.8 Å². The van der Waals surface area contributed by atoms with Crippen LogP contribution in [0.25, 0.3) is 0 Å². The van der Waals surface area contributed by atoms with Crippen molar-refractivity contribution in [2.45, 2.75) is 0 Å². The van der Waals surface area contributed by atoms with E-state index >= 15 is 0 Å². The molecule has 0 radical (unpaired) electrons. The van der Waals surface area contributed by atoms with Gasteiger partial charge in [-0.15, -0.1) is 0 Å². The topological polar surface area (TPSA) is 0 Å². The third-order valence-electron chi connectivity index (χ3n) is 3.68. The number of rotatable bonds is 0. The molecule has 1 heterocycles. The van der Waals surface area contributed by atoms with E-state index in [2.05, 4.69) is 82.4 Å². The highest BCUT2D eigenvalue weighted by Crippen LogP contribution is 2.86. The summed E-state index contributed by atoms with van der Waals surface area (Å²) in [7, 11) is -2.12. The summed E-state index contributed by atoms with van der Waals surface area (Å²) < 4.78 is -0.575. The second-order valence-electron chi connectivity index (χ2n) is 5.16. The second-order valence-corrected chi connectivity index (χ2v) is 21.0. The van der Waals surface area contributed by atoms with Gasteiger partial charge in [0.1, 0.15) is 0 Å². The quantitative estimate of drug-likeness (QED) is 0.483. The van der Waals surface area contributed by atoms with E-state index in [1.54, 1.807) is 10.6 Å². The van der Waals surface area contributed by atoms with Crippen LogP contribution < -0.4 is 10.6 Å². The Morgan fingerprint density at radius 3 is 1.53 bits per heavy atom. The molecule has 1 aliphatic rings. The zero-order chi connectivity index (χ0) is 11.5. The first-order chi connectivity index (χ1) is 6.73. The summed E-state index contributed by atoms with van der Waals surface area (Å²) in [6.07, 6.45) is 0. The summed E-state index contributed by atoms with van der Waals surface area (Å²) in [5.41, 5.74) is 0. The molecule has 15 heavy (non-hydrogen) atoms. The Hall–Kier alpha value is 1.10. The van der Waals surface area contributed by atoms with Crippen LogP contribution in [0.15, 0.2) is 24.3 Å². The molecule has 0 nitrogen and oxygen atoms in total. The number of fused-ring (bicyclic) bond motifs is 1. The van der Waals surface area contributed by atoms with E-state index in [1.807, 2.05) is 0 Å². The molecule has 0 aliphatic carbocycles. The maximum absolute atomic E-state index is 4.04. The van der Waals surface area contributed by atoms with Gasteiger partial charge in [0.05, 0.1) is 10.6 Å². The highest BCUT2D eigenvalue weighted by molar-refractivity contribution is 9.61. The molecule has 82 valence electrons. The van der Waals surface area contributed by atoms with Gasteiger partial charge in [-0.3, -0.25) is 0 Å².